The highest BCUT2D eigenvalue weighted by Crippen LogP contribution is 2.30. The van der Waals surface area contributed by atoms with Crippen LogP contribution in [0.4, 0.5) is 9.18 Å². The van der Waals surface area contributed by atoms with Gasteiger partial charge in [-0.1, -0.05) is 0 Å². The van der Waals surface area contributed by atoms with Crippen LogP contribution in [0.2, 0.25) is 0 Å². The number of nitrogens with zero attached hydrogens (tertiary/aromatic N) is 3. The van der Waals surface area contributed by atoms with Gasteiger partial charge in [-0.05, 0) is 45.9 Å². The molecule has 30 heavy (non-hydrogen) atoms. The number of carbonyl (C=O) groups excluding carboxylic acids is 1. The van der Waals surface area contributed by atoms with Gasteiger partial charge in [0.25, 0.3) is 0 Å². The number of fused-ring (bicyclic) bond motifs is 1. The summed E-state index contributed by atoms with van der Waals surface area (Å²) in [4.78, 5) is 29.0. The maximum atomic E-state index is 13.6. The van der Waals surface area contributed by atoms with Gasteiger partial charge in [-0.25, -0.2) is 14.2 Å². The van der Waals surface area contributed by atoms with Crippen LogP contribution >= 0.6 is 11.3 Å². The van der Waals surface area contributed by atoms with Gasteiger partial charge < -0.3 is 9.66 Å². The monoisotopic (exact) mass is 451 g/mol. The summed E-state index contributed by atoms with van der Waals surface area (Å²) < 4.78 is 28.3. The summed E-state index contributed by atoms with van der Waals surface area (Å²) in [6.45, 7) is 7.49. The number of ketones is 1. The molecule has 0 aliphatic rings. The van der Waals surface area contributed by atoms with Gasteiger partial charge in [0.15, 0.2) is 5.01 Å². The number of carboxylic acid groups (broad SMARTS) is 1. The fraction of sp³-hybridized carbons (Fsp3) is 0.350. The molecule has 0 bridgehead atoms. The van der Waals surface area contributed by atoms with Crippen LogP contribution in [-0.4, -0.2) is 47.2 Å². The Morgan fingerprint density at radius 1 is 1.37 bits per heavy atom. The Morgan fingerprint density at radius 2 is 2.03 bits per heavy atom. The zero-order valence-corrected chi connectivity index (χ0v) is 18.8. The minimum Gasteiger partial charge on any atom is -0.597 e. The Balaban J connectivity index is 1.95. The van der Waals surface area contributed by atoms with Crippen molar-refractivity contribution in [3.63, 3.8) is 0 Å². The van der Waals surface area contributed by atoms with E-state index in [1.54, 1.807) is 16.7 Å². The fourth-order valence-electron chi connectivity index (χ4n) is 3.00. The molecule has 0 saturated carbocycles. The molecule has 0 spiro atoms. The van der Waals surface area contributed by atoms with Crippen LogP contribution in [0.3, 0.4) is 0 Å². The highest BCUT2D eigenvalue weighted by Gasteiger charge is 2.35. The average Bonchev–Trinajstić information content (AvgIpc) is 3.29. The van der Waals surface area contributed by atoms with Gasteiger partial charge in [-0.15, -0.1) is 15.6 Å². The van der Waals surface area contributed by atoms with Gasteiger partial charge in [0.1, 0.15) is 10.6 Å². The maximum Gasteiger partial charge on any atom is 0.416 e. The largest absolute Gasteiger partial charge is 0.597 e. The molecule has 0 radical (unpaired) electrons. The van der Waals surface area contributed by atoms with Crippen molar-refractivity contribution in [2.24, 2.45) is 0 Å². The number of thiazole rings is 1. The van der Waals surface area contributed by atoms with Gasteiger partial charge in [0.2, 0.25) is 5.78 Å². The first-order chi connectivity index (χ1) is 13.9. The zero-order chi connectivity index (χ0) is 22.4. The summed E-state index contributed by atoms with van der Waals surface area (Å²) >= 11 is -0.134. The Kier molecular flexibility index (Phi) is 6.06. The third-order valence-electron chi connectivity index (χ3n) is 4.69. The Labute approximate surface area is 180 Å². The number of benzene rings is 1. The lowest BCUT2D eigenvalue weighted by Crippen LogP contribution is -2.42. The molecule has 0 amide bonds. The number of halogens is 1. The van der Waals surface area contributed by atoms with Gasteiger partial charge in [0, 0.05) is 35.4 Å². The van der Waals surface area contributed by atoms with Crippen molar-refractivity contribution in [3.05, 3.63) is 51.9 Å². The quantitative estimate of drug-likeness (QED) is 0.455. The molecule has 7 nitrogen and oxygen atoms in total. The highest BCUT2D eigenvalue weighted by atomic mass is 32.2. The van der Waals surface area contributed by atoms with E-state index in [0.29, 0.717) is 11.1 Å². The molecule has 2 unspecified atom stereocenters. The van der Waals surface area contributed by atoms with E-state index < -0.39 is 33.8 Å². The molecule has 0 saturated heterocycles. The lowest BCUT2D eigenvalue weighted by atomic mass is 10.1. The van der Waals surface area contributed by atoms with Gasteiger partial charge in [0.05, 0.1) is 22.8 Å². The third-order valence-corrected chi connectivity index (χ3v) is 7.44. The zero-order valence-electron chi connectivity index (χ0n) is 17.2. The Bertz CT molecular complexity index is 1120. The van der Waals surface area contributed by atoms with Crippen LogP contribution in [0, 0.1) is 5.82 Å². The molecule has 2 heterocycles. The smallest absolute Gasteiger partial charge is 0.416 e. The van der Waals surface area contributed by atoms with E-state index in [1.165, 1.54) is 18.3 Å². The highest BCUT2D eigenvalue weighted by molar-refractivity contribution is 7.90. The Morgan fingerprint density at radius 3 is 2.63 bits per heavy atom. The lowest BCUT2D eigenvalue weighted by Gasteiger charge is -2.32. The predicted octanol–water partition coefficient (Wildman–Crippen LogP) is 4.45. The van der Waals surface area contributed by atoms with Gasteiger partial charge >= 0.3 is 6.09 Å². The van der Waals surface area contributed by atoms with E-state index in [9.17, 15) is 23.6 Å². The minimum atomic E-state index is -1.32. The molecule has 160 valence electrons. The summed E-state index contributed by atoms with van der Waals surface area (Å²) in [5.41, 5.74) is 0.820. The van der Waals surface area contributed by atoms with Crippen LogP contribution in [0.25, 0.3) is 10.9 Å². The van der Waals surface area contributed by atoms with Gasteiger partial charge in [-0.3, -0.25) is 9.36 Å². The molecule has 1 N–H and O–H groups in total. The second-order valence-corrected chi connectivity index (χ2v) is 11.0. The first-order valence-electron chi connectivity index (χ1n) is 9.10. The predicted molar refractivity (Wildman–Crippen MR) is 115 cm³/mol. The fourth-order valence-corrected chi connectivity index (χ4v) is 5.11. The summed E-state index contributed by atoms with van der Waals surface area (Å²) in [7, 11) is 1.74. The first-order valence-corrected chi connectivity index (χ1v) is 11.1. The first kappa shape index (κ1) is 22.4. The molecule has 0 aliphatic carbocycles. The van der Waals surface area contributed by atoms with E-state index in [4.69, 9.17) is 0 Å². The van der Waals surface area contributed by atoms with Crippen molar-refractivity contribution in [2.75, 3.05) is 7.05 Å². The average molecular weight is 452 g/mol. The SMILES string of the molecule is CC(c1csc(C(=O)c2cn(C(=O)O)c3cc(F)ccc23)n1)N(C)[S+]([O-])C(C)(C)C. The van der Waals surface area contributed by atoms with Crippen molar-refractivity contribution in [3.8, 4) is 0 Å². The number of hydrogen-bond acceptors (Lipinski definition) is 6. The van der Waals surface area contributed by atoms with Crippen molar-refractivity contribution in [2.45, 2.75) is 38.5 Å². The molecule has 1 aromatic carbocycles. The molecule has 2 aromatic heterocycles. The lowest BCUT2D eigenvalue weighted by molar-refractivity contribution is 0.103. The summed E-state index contributed by atoms with van der Waals surface area (Å²) in [5, 5.41) is 11.6. The van der Waals surface area contributed by atoms with Crippen molar-refractivity contribution in [1.82, 2.24) is 13.9 Å². The molecule has 10 heteroatoms. The van der Waals surface area contributed by atoms with Gasteiger partial charge in [-0.2, -0.15) is 0 Å². The van der Waals surface area contributed by atoms with E-state index in [1.807, 2.05) is 27.7 Å². The molecular formula is C20H22FN3O4S2. The molecule has 3 aromatic rings. The van der Waals surface area contributed by atoms with Crippen molar-refractivity contribution < 1.29 is 23.6 Å². The molecule has 0 aliphatic heterocycles. The standard InChI is InChI=1S/C20H22FN3O4S2/c1-11(23(5)30(28)20(2,3)4)15-10-29-18(22-15)17(25)14-9-24(19(26)27)16-8-12(21)6-7-13(14)16/h6-11H,1-5H3,(H,26,27). The maximum absolute atomic E-state index is 13.6. The van der Waals surface area contributed by atoms with Crippen LogP contribution in [0.5, 0.6) is 0 Å². The minimum absolute atomic E-state index is 0.0938. The van der Waals surface area contributed by atoms with E-state index in [0.717, 1.165) is 22.0 Å². The van der Waals surface area contributed by atoms with E-state index in [-0.39, 0.29) is 22.1 Å². The number of hydrogen-bond donors (Lipinski definition) is 1. The van der Waals surface area contributed by atoms with E-state index >= 15 is 0 Å². The summed E-state index contributed by atoms with van der Waals surface area (Å²) in [5.74, 6) is -1.04. The van der Waals surface area contributed by atoms with E-state index in [2.05, 4.69) is 4.98 Å². The second kappa shape index (κ2) is 8.10. The summed E-state index contributed by atoms with van der Waals surface area (Å²) in [6, 6.07) is 3.34. The van der Waals surface area contributed by atoms with Crippen molar-refractivity contribution >= 4 is 45.5 Å². The van der Waals surface area contributed by atoms with Crippen LogP contribution in [0.15, 0.2) is 29.8 Å². The molecular weight excluding hydrogens is 429 g/mol. The number of carbonyl (C=O) groups is 2. The topological polar surface area (TPSA) is 98.5 Å². The third kappa shape index (κ3) is 4.13. The van der Waals surface area contributed by atoms with Crippen molar-refractivity contribution in [1.29, 1.82) is 0 Å². The number of aromatic nitrogens is 2. The van der Waals surface area contributed by atoms with Crippen LogP contribution < -0.4 is 0 Å². The number of rotatable bonds is 5. The van der Waals surface area contributed by atoms with Crippen LogP contribution in [-0.2, 0) is 11.4 Å². The molecule has 2 atom stereocenters. The molecule has 0 fully saturated rings. The Hall–Kier alpha value is -2.27. The summed E-state index contributed by atoms with van der Waals surface area (Å²) in [6.07, 6.45) is -0.135. The molecule has 3 rings (SSSR count). The second-order valence-electron chi connectivity index (χ2n) is 7.85. The van der Waals surface area contributed by atoms with Crippen LogP contribution in [0.1, 0.15) is 54.8 Å². The normalized spacial score (nSPS) is 14.3.